The summed E-state index contributed by atoms with van der Waals surface area (Å²) >= 11 is 7.82. The van der Waals surface area contributed by atoms with Gasteiger partial charge in [-0.05, 0) is 18.9 Å². The van der Waals surface area contributed by atoms with Crippen molar-refractivity contribution in [1.29, 1.82) is 0 Å². The molecule has 4 nitrogen and oxygen atoms in total. The number of thiophene rings is 1. The van der Waals surface area contributed by atoms with Crippen LogP contribution in [-0.4, -0.2) is 35.6 Å². The Hall–Kier alpha value is -0.910. The first kappa shape index (κ1) is 14.5. The van der Waals surface area contributed by atoms with E-state index in [9.17, 15) is 0 Å². The molecule has 0 aliphatic heterocycles. The molecule has 1 N–H and O–H groups in total. The van der Waals surface area contributed by atoms with Crippen molar-refractivity contribution >= 4 is 39.0 Å². The zero-order valence-electron chi connectivity index (χ0n) is 11.1. The Morgan fingerprint density at radius 2 is 2.32 bits per heavy atom. The van der Waals surface area contributed by atoms with Crippen molar-refractivity contribution < 1.29 is 4.74 Å². The van der Waals surface area contributed by atoms with Crippen molar-refractivity contribution in [3.05, 3.63) is 17.3 Å². The van der Waals surface area contributed by atoms with Crippen molar-refractivity contribution in [2.24, 2.45) is 0 Å². The minimum absolute atomic E-state index is 0.0310. The molecule has 0 aliphatic rings. The second kappa shape index (κ2) is 7.03. The van der Waals surface area contributed by atoms with Gasteiger partial charge < -0.3 is 10.1 Å². The van der Waals surface area contributed by atoms with Crippen LogP contribution in [0.15, 0.2) is 12.4 Å². The Labute approximate surface area is 122 Å². The number of hydrogen-bond donors (Lipinski definition) is 1. The molecule has 2 rings (SSSR count). The van der Waals surface area contributed by atoms with Gasteiger partial charge in [-0.1, -0.05) is 6.92 Å². The van der Waals surface area contributed by atoms with Gasteiger partial charge >= 0.3 is 0 Å². The molecule has 19 heavy (non-hydrogen) atoms. The fourth-order valence-electron chi connectivity index (χ4n) is 1.83. The zero-order chi connectivity index (χ0) is 13.7. The number of nitrogens with zero attached hydrogens (tertiary/aromatic N) is 2. The predicted molar refractivity (Wildman–Crippen MR) is 81.4 cm³/mol. The van der Waals surface area contributed by atoms with Gasteiger partial charge in [-0.25, -0.2) is 9.97 Å². The number of aromatic nitrogens is 2. The Morgan fingerprint density at radius 3 is 3.05 bits per heavy atom. The topological polar surface area (TPSA) is 47.0 Å². The molecule has 0 bridgehead atoms. The first-order chi connectivity index (χ1) is 9.24. The Balaban J connectivity index is 2.02. The van der Waals surface area contributed by atoms with E-state index in [0.29, 0.717) is 6.61 Å². The van der Waals surface area contributed by atoms with Crippen LogP contribution in [0.1, 0.15) is 18.2 Å². The molecule has 6 heteroatoms. The number of ether oxygens (including phenoxy) is 1. The third-order valence-corrected chi connectivity index (χ3v) is 4.36. The van der Waals surface area contributed by atoms with Crippen molar-refractivity contribution in [1.82, 2.24) is 9.97 Å². The summed E-state index contributed by atoms with van der Waals surface area (Å²) in [5.74, 6) is 0.891. The average molecular weight is 300 g/mol. The standard InChI is InChI=1S/C13H18ClN3OS/c1-3-10-6-11-12(16-8-17-13(11)19-10)15-5-4-9(14)7-18-2/h6,8-9H,3-5,7H2,1-2H3,(H,15,16,17). The van der Waals surface area contributed by atoms with Gasteiger partial charge in [-0.3, -0.25) is 0 Å². The third kappa shape index (κ3) is 3.78. The number of alkyl halides is 1. The van der Waals surface area contributed by atoms with E-state index in [4.69, 9.17) is 16.3 Å². The molecule has 0 amide bonds. The molecule has 0 aromatic carbocycles. The number of methoxy groups -OCH3 is 1. The van der Waals surface area contributed by atoms with E-state index in [1.807, 2.05) is 0 Å². The summed E-state index contributed by atoms with van der Waals surface area (Å²) in [6.45, 7) is 3.50. The summed E-state index contributed by atoms with van der Waals surface area (Å²) in [5, 5.41) is 4.46. The largest absolute Gasteiger partial charge is 0.383 e. The fourth-order valence-corrected chi connectivity index (χ4v) is 3.00. The lowest BCUT2D eigenvalue weighted by Gasteiger charge is -2.09. The minimum atomic E-state index is 0.0310. The predicted octanol–water partition coefficient (Wildman–Crippen LogP) is 3.31. The smallest absolute Gasteiger partial charge is 0.138 e. The number of fused-ring (bicyclic) bond motifs is 1. The highest BCUT2D eigenvalue weighted by Crippen LogP contribution is 2.28. The monoisotopic (exact) mass is 299 g/mol. The summed E-state index contributed by atoms with van der Waals surface area (Å²) in [4.78, 5) is 11.0. The van der Waals surface area contributed by atoms with E-state index < -0.39 is 0 Å². The minimum Gasteiger partial charge on any atom is -0.383 e. The van der Waals surface area contributed by atoms with Crippen LogP contribution in [0.5, 0.6) is 0 Å². The SMILES string of the molecule is CCc1cc2c(NCCC(Cl)COC)ncnc2s1. The first-order valence-corrected chi connectivity index (χ1v) is 7.60. The molecule has 0 saturated carbocycles. The van der Waals surface area contributed by atoms with E-state index in [-0.39, 0.29) is 5.38 Å². The third-order valence-electron chi connectivity index (χ3n) is 2.83. The van der Waals surface area contributed by atoms with E-state index in [0.717, 1.165) is 35.4 Å². The van der Waals surface area contributed by atoms with E-state index >= 15 is 0 Å². The van der Waals surface area contributed by atoms with Crippen LogP contribution in [0.3, 0.4) is 0 Å². The molecule has 0 radical (unpaired) electrons. The summed E-state index contributed by atoms with van der Waals surface area (Å²) in [6, 6.07) is 2.16. The molecular formula is C13H18ClN3OS. The lowest BCUT2D eigenvalue weighted by atomic mass is 10.3. The molecule has 0 spiro atoms. The first-order valence-electron chi connectivity index (χ1n) is 6.35. The number of nitrogens with one attached hydrogen (secondary N) is 1. The molecule has 0 fully saturated rings. The van der Waals surface area contributed by atoms with Gasteiger partial charge in [0.1, 0.15) is 17.0 Å². The van der Waals surface area contributed by atoms with Crippen LogP contribution in [0, 0.1) is 0 Å². The van der Waals surface area contributed by atoms with Gasteiger partial charge in [-0.2, -0.15) is 0 Å². The highest BCUT2D eigenvalue weighted by Gasteiger charge is 2.08. The molecular weight excluding hydrogens is 282 g/mol. The van der Waals surface area contributed by atoms with Crippen LogP contribution in [0.2, 0.25) is 0 Å². The van der Waals surface area contributed by atoms with Gasteiger partial charge in [0.25, 0.3) is 0 Å². The quantitative estimate of drug-likeness (QED) is 0.797. The highest BCUT2D eigenvalue weighted by atomic mass is 35.5. The number of aryl methyl sites for hydroxylation is 1. The van der Waals surface area contributed by atoms with Crippen LogP contribution < -0.4 is 5.32 Å². The zero-order valence-corrected chi connectivity index (χ0v) is 12.7. The fraction of sp³-hybridized carbons (Fsp3) is 0.538. The summed E-state index contributed by atoms with van der Waals surface area (Å²) in [5.41, 5.74) is 0. The lowest BCUT2D eigenvalue weighted by molar-refractivity contribution is 0.196. The lowest BCUT2D eigenvalue weighted by Crippen LogP contribution is -2.14. The van der Waals surface area contributed by atoms with Crippen LogP contribution >= 0.6 is 22.9 Å². The second-order valence-corrected chi connectivity index (χ2v) is 6.01. The molecule has 2 aromatic heterocycles. The van der Waals surface area contributed by atoms with E-state index in [2.05, 4.69) is 28.3 Å². The summed E-state index contributed by atoms with van der Waals surface area (Å²) < 4.78 is 5.01. The summed E-state index contributed by atoms with van der Waals surface area (Å²) in [6.07, 6.45) is 3.47. The van der Waals surface area contributed by atoms with Gasteiger partial charge in [0.15, 0.2) is 0 Å². The second-order valence-electron chi connectivity index (χ2n) is 4.28. The molecule has 104 valence electrons. The molecule has 0 saturated heterocycles. The molecule has 0 aliphatic carbocycles. The Kier molecular flexibility index (Phi) is 5.36. The van der Waals surface area contributed by atoms with Crippen LogP contribution in [-0.2, 0) is 11.2 Å². The Morgan fingerprint density at radius 1 is 1.47 bits per heavy atom. The normalized spacial score (nSPS) is 12.8. The maximum atomic E-state index is 6.10. The van der Waals surface area contributed by atoms with Gasteiger partial charge in [0.05, 0.1) is 17.4 Å². The van der Waals surface area contributed by atoms with Gasteiger partial charge in [0.2, 0.25) is 0 Å². The van der Waals surface area contributed by atoms with Crippen molar-refractivity contribution in [3.8, 4) is 0 Å². The maximum absolute atomic E-state index is 6.10. The number of anilines is 1. The van der Waals surface area contributed by atoms with Gasteiger partial charge in [0, 0.05) is 18.5 Å². The summed E-state index contributed by atoms with van der Waals surface area (Å²) in [7, 11) is 1.66. The number of rotatable bonds is 7. The highest BCUT2D eigenvalue weighted by molar-refractivity contribution is 7.18. The van der Waals surface area contributed by atoms with Crippen molar-refractivity contribution in [3.63, 3.8) is 0 Å². The molecule has 1 unspecified atom stereocenters. The maximum Gasteiger partial charge on any atom is 0.138 e. The molecule has 1 atom stereocenters. The van der Waals surface area contributed by atoms with E-state index in [1.54, 1.807) is 24.8 Å². The average Bonchev–Trinajstić information content (AvgIpc) is 2.83. The molecule has 2 aromatic rings. The van der Waals surface area contributed by atoms with E-state index in [1.165, 1.54) is 4.88 Å². The number of halogens is 1. The van der Waals surface area contributed by atoms with Gasteiger partial charge in [-0.15, -0.1) is 22.9 Å². The molecule has 2 heterocycles. The number of hydrogen-bond acceptors (Lipinski definition) is 5. The Bertz CT molecular complexity index is 532. The van der Waals surface area contributed by atoms with Crippen LogP contribution in [0.4, 0.5) is 5.82 Å². The van der Waals surface area contributed by atoms with Crippen molar-refractivity contribution in [2.75, 3.05) is 25.6 Å². The van der Waals surface area contributed by atoms with Crippen molar-refractivity contribution in [2.45, 2.75) is 25.1 Å². The van der Waals surface area contributed by atoms with Crippen LogP contribution in [0.25, 0.3) is 10.2 Å².